The van der Waals surface area contributed by atoms with Gasteiger partial charge in [-0.1, -0.05) is 36.4 Å². The number of sulfonamides is 1. The van der Waals surface area contributed by atoms with Crippen LogP contribution in [0.15, 0.2) is 83.9 Å². The van der Waals surface area contributed by atoms with Gasteiger partial charge in [0.1, 0.15) is 0 Å². The van der Waals surface area contributed by atoms with E-state index in [-0.39, 0.29) is 10.5 Å². The van der Waals surface area contributed by atoms with Crippen LogP contribution in [0.25, 0.3) is 10.9 Å². The standard InChI is InChI=1S/C25H22N4O4S/c30-24(27-28-25(31)21-16-26-22-9-3-2-8-20(21)22)18-11-13-19(14-12-18)34(32,33)29-15-5-7-17-6-1-4-10-23(17)29/h1-4,6,8-14,16,26H,5,7,15H2,(H,27,30)(H,28,31). The molecule has 0 aliphatic carbocycles. The van der Waals surface area contributed by atoms with Gasteiger partial charge >= 0.3 is 0 Å². The van der Waals surface area contributed by atoms with E-state index in [1.807, 2.05) is 48.5 Å². The van der Waals surface area contributed by atoms with Crippen LogP contribution in [0.2, 0.25) is 0 Å². The van der Waals surface area contributed by atoms with Crippen LogP contribution in [-0.4, -0.2) is 31.8 Å². The molecule has 8 nitrogen and oxygen atoms in total. The second-order valence-electron chi connectivity index (χ2n) is 7.99. The number of aromatic nitrogens is 1. The Kier molecular flexibility index (Phi) is 5.54. The Labute approximate surface area is 196 Å². The number of hydrogen-bond donors (Lipinski definition) is 3. The maximum atomic E-state index is 13.3. The van der Waals surface area contributed by atoms with E-state index in [1.54, 1.807) is 6.20 Å². The lowest BCUT2D eigenvalue weighted by Crippen LogP contribution is -2.41. The molecule has 1 aromatic heterocycles. The minimum atomic E-state index is -3.77. The summed E-state index contributed by atoms with van der Waals surface area (Å²) < 4.78 is 27.9. The number of hydrazine groups is 1. The number of carbonyl (C=O) groups excluding carboxylic acids is 2. The van der Waals surface area contributed by atoms with Gasteiger partial charge in [0.25, 0.3) is 21.8 Å². The number of nitrogens with one attached hydrogen (secondary N) is 3. The quantitative estimate of drug-likeness (QED) is 0.394. The molecule has 0 bridgehead atoms. The summed E-state index contributed by atoms with van der Waals surface area (Å²) in [4.78, 5) is 28.1. The molecule has 0 radical (unpaired) electrons. The monoisotopic (exact) mass is 474 g/mol. The summed E-state index contributed by atoms with van der Waals surface area (Å²) in [5.74, 6) is -1.02. The minimum Gasteiger partial charge on any atom is -0.360 e. The highest BCUT2D eigenvalue weighted by Gasteiger charge is 2.29. The molecule has 3 aromatic carbocycles. The molecule has 0 spiro atoms. The predicted molar refractivity (Wildman–Crippen MR) is 129 cm³/mol. The van der Waals surface area contributed by atoms with Gasteiger partial charge in [0.05, 0.1) is 16.1 Å². The first-order valence-corrected chi connectivity index (χ1v) is 12.3. The molecule has 34 heavy (non-hydrogen) atoms. The fourth-order valence-electron chi connectivity index (χ4n) is 4.17. The summed E-state index contributed by atoms with van der Waals surface area (Å²) in [6.07, 6.45) is 3.16. The molecular formula is C25H22N4O4S. The molecule has 1 aliphatic rings. The van der Waals surface area contributed by atoms with E-state index in [2.05, 4.69) is 15.8 Å². The van der Waals surface area contributed by atoms with Gasteiger partial charge in [-0.3, -0.25) is 24.7 Å². The largest absolute Gasteiger partial charge is 0.360 e. The van der Waals surface area contributed by atoms with Gasteiger partial charge in [-0.05, 0) is 54.8 Å². The lowest BCUT2D eigenvalue weighted by Gasteiger charge is -2.30. The molecule has 172 valence electrons. The molecule has 4 aromatic rings. The normalized spacial score (nSPS) is 13.4. The number of aryl methyl sites for hydroxylation is 1. The summed E-state index contributed by atoms with van der Waals surface area (Å²) in [5.41, 5.74) is 7.90. The Bertz CT molecular complexity index is 1490. The molecule has 0 saturated heterocycles. The predicted octanol–water partition coefficient (Wildman–Crippen LogP) is 3.38. The summed E-state index contributed by atoms with van der Waals surface area (Å²) in [6.45, 7) is 0.404. The van der Waals surface area contributed by atoms with Gasteiger partial charge in [0, 0.05) is 29.2 Å². The van der Waals surface area contributed by atoms with E-state index in [9.17, 15) is 18.0 Å². The van der Waals surface area contributed by atoms with Gasteiger partial charge in [-0.2, -0.15) is 0 Å². The van der Waals surface area contributed by atoms with Gasteiger partial charge in [-0.25, -0.2) is 8.42 Å². The number of H-pyrrole nitrogens is 1. The minimum absolute atomic E-state index is 0.101. The molecule has 0 atom stereocenters. The van der Waals surface area contributed by atoms with Gasteiger partial charge in [0.2, 0.25) is 0 Å². The third kappa shape index (κ3) is 3.90. The Morgan fingerprint density at radius 2 is 1.56 bits per heavy atom. The number of nitrogens with zero attached hydrogens (tertiary/aromatic N) is 1. The number of aromatic amines is 1. The molecule has 9 heteroatoms. The average Bonchev–Trinajstić information content (AvgIpc) is 3.31. The summed E-state index contributed by atoms with van der Waals surface area (Å²) >= 11 is 0. The first kappa shape index (κ1) is 21.7. The molecular weight excluding hydrogens is 452 g/mol. The third-order valence-electron chi connectivity index (χ3n) is 5.90. The summed E-state index contributed by atoms with van der Waals surface area (Å²) in [6, 6.07) is 20.5. The highest BCUT2D eigenvalue weighted by atomic mass is 32.2. The van der Waals surface area contributed by atoms with Gasteiger partial charge in [-0.15, -0.1) is 0 Å². The zero-order valence-corrected chi connectivity index (χ0v) is 18.9. The SMILES string of the molecule is O=C(NNC(=O)c1c[nH]c2ccccc12)c1ccc(S(=O)(=O)N2CCCc3ccccc32)cc1. The van der Waals surface area contributed by atoms with Crippen molar-refractivity contribution in [1.29, 1.82) is 0 Å². The van der Waals surface area contributed by atoms with Gasteiger partial charge in [0.15, 0.2) is 0 Å². The van der Waals surface area contributed by atoms with Crippen molar-refractivity contribution in [3.05, 3.63) is 95.7 Å². The summed E-state index contributed by atoms with van der Waals surface area (Å²) in [5, 5.41) is 0.739. The number of fused-ring (bicyclic) bond motifs is 2. The lowest BCUT2D eigenvalue weighted by atomic mass is 10.0. The topological polar surface area (TPSA) is 111 Å². The number of anilines is 1. The Balaban J connectivity index is 1.28. The number of para-hydroxylation sites is 2. The Morgan fingerprint density at radius 1 is 0.853 bits per heavy atom. The number of hydrogen-bond acceptors (Lipinski definition) is 4. The second kappa shape index (κ2) is 8.68. The molecule has 3 N–H and O–H groups in total. The fraction of sp³-hybridized carbons (Fsp3) is 0.120. The van der Waals surface area contributed by atoms with E-state index in [4.69, 9.17) is 0 Å². The van der Waals surface area contributed by atoms with Crippen LogP contribution in [0.1, 0.15) is 32.7 Å². The van der Waals surface area contributed by atoms with Crippen LogP contribution in [-0.2, 0) is 16.4 Å². The first-order chi connectivity index (χ1) is 16.4. The van der Waals surface area contributed by atoms with E-state index in [0.717, 1.165) is 29.3 Å². The van der Waals surface area contributed by atoms with Crippen LogP contribution in [0.5, 0.6) is 0 Å². The Hall–Kier alpha value is -4.11. The molecule has 0 unspecified atom stereocenters. The van der Waals surface area contributed by atoms with Crippen LogP contribution >= 0.6 is 0 Å². The van der Waals surface area contributed by atoms with Crippen LogP contribution < -0.4 is 15.2 Å². The highest BCUT2D eigenvalue weighted by molar-refractivity contribution is 7.92. The second-order valence-corrected chi connectivity index (χ2v) is 9.85. The molecule has 0 fully saturated rings. The number of amides is 2. The van der Waals surface area contributed by atoms with E-state index >= 15 is 0 Å². The maximum Gasteiger partial charge on any atom is 0.271 e. The van der Waals surface area contributed by atoms with Crippen molar-refractivity contribution in [1.82, 2.24) is 15.8 Å². The third-order valence-corrected chi connectivity index (χ3v) is 7.72. The molecule has 2 heterocycles. The number of carbonyl (C=O) groups is 2. The molecule has 0 saturated carbocycles. The Morgan fingerprint density at radius 3 is 2.38 bits per heavy atom. The van der Waals surface area contributed by atoms with Crippen LogP contribution in [0.4, 0.5) is 5.69 Å². The van der Waals surface area contributed by atoms with Crippen molar-refractivity contribution in [2.45, 2.75) is 17.7 Å². The van der Waals surface area contributed by atoms with Gasteiger partial charge < -0.3 is 4.98 Å². The van der Waals surface area contributed by atoms with Crippen molar-refractivity contribution in [3.63, 3.8) is 0 Å². The van der Waals surface area contributed by atoms with E-state index < -0.39 is 21.8 Å². The zero-order chi connectivity index (χ0) is 23.7. The molecule has 2 amide bonds. The summed E-state index contributed by atoms with van der Waals surface area (Å²) in [7, 11) is -3.77. The van der Waals surface area contributed by atoms with Crippen molar-refractivity contribution >= 4 is 38.4 Å². The van der Waals surface area contributed by atoms with E-state index in [0.29, 0.717) is 17.8 Å². The first-order valence-electron chi connectivity index (χ1n) is 10.8. The smallest absolute Gasteiger partial charge is 0.271 e. The lowest BCUT2D eigenvalue weighted by molar-refractivity contribution is 0.0847. The van der Waals surface area contributed by atoms with Crippen molar-refractivity contribution in [2.24, 2.45) is 0 Å². The zero-order valence-electron chi connectivity index (χ0n) is 18.1. The van der Waals surface area contributed by atoms with Crippen molar-refractivity contribution in [2.75, 3.05) is 10.8 Å². The van der Waals surface area contributed by atoms with E-state index in [1.165, 1.54) is 28.6 Å². The fourth-order valence-corrected chi connectivity index (χ4v) is 5.71. The molecule has 5 rings (SSSR count). The van der Waals surface area contributed by atoms with Crippen LogP contribution in [0.3, 0.4) is 0 Å². The number of benzene rings is 3. The maximum absolute atomic E-state index is 13.3. The average molecular weight is 475 g/mol. The van der Waals surface area contributed by atoms with Crippen molar-refractivity contribution < 1.29 is 18.0 Å². The van der Waals surface area contributed by atoms with Crippen molar-refractivity contribution in [3.8, 4) is 0 Å². The molecule has 1 aliphatic heterocycles. The number of rotatable bonds is 4. The van der Waals surface area contributed by atoms with Crippen LogP contribution in [0, 0.1) is 0 Å². The highest BCUT2D eigenvalue weighted by Crippen LogP contribution is 2.31.